The third-order valence-corrected chi connectivity index (χ3v) is 5.76. The topological polar surface area (TPSA) is 32.3 Å². The van der Waals surface area contributed by atoms with Crippen LogP contribution in [0.15, 0.2) is 5.38 Å². The highest BCUT2D eigenvalue weighted by Crippen LogP contribution is 2.33. The second-order valence-electron chi connectivity index (χ2n) is 6.31. The van der Waals surface area contributed by atoms with E-state index in [0.717, 1.165) is 23.0 Å². The normalized spacial score (nSPS) is 23.7. The minimum atomic E-state index is 0.563. The summed E-state index contributed by atoms with van der Waals surface area (Å²) in [5.74, 6) is 1.98. The van der Waals surface area contributed by atoms with Gasteiger partial charge in [0.2, 0.25) is 0 Å². The van der Waals surface area contributed by atoms with E-state index in [1.807, 2.05) is 6.92 Å². The molecule has 1 aliphatic heterocycles. The van der Waals surface area contributed by atoms with Crippen LogP contribution < -0.4 is 4.90 Å². The summed E-state index contributed by atoms with van der Waals surface area (Å²) in [6, 6.07) is 1.20. The van der Waals surface area contributed by atoms with Gasteiger partial charge in [-0.3, -0.25) is 0 Å². The summed E-state index contributed by atoms with van der Waals surface area (Å²) in [6.07, 6.45) is 2.39. The van der Waals surface area contributed by atoms with Crippen molar-refractivity contribution in [1.29, 1.82) is 0 Å². The van der Waals surface area contributed by atoms with Gasteiger partial charge in [0.05, 0.1) is 5.39 Å². The minimum absolute atomic E-state index is 0.563. The van der Waals surface area contributed by atoms with Crippen molar-refractivity contribution < 1.29 is 0 Å². The number of aryl methyl sites for hydroxylation is 2. The predicted molar refractivity (Wildman–Crippen MR) is 90.4 cm³/mol. The van der Waals surface area contributed by atoms with Gasteiger partial charge >= 0.3 is 0 Å². The number of anilines is 1. The summed E-state index contributed by atoms with van der Waals surface area (Å²) in [7, 11) is 4.41. The molecule has 3 rings (SSSR count). The Morgan fingerprint density at radius 1 is 1.33 bits per heavy atom. The summed E-state index contributed by atoms with van der Waals surface area (Å²) in [4.78, 5) is 15.3. The lowest BCUT2D eigenvalue weighted by atomic mass is 9.97. The lowest BCUT2D eigenvalue weighted by molar-refractivity contribution is 0.181. The standard InChI is InChI=1S/C16H24N4S/c1-10-9-21-16-14(10)15(17-12(3)18-16)20(5)13-6-7-19(4)11(2)8-13/h9,11,13H,6-8H2,1-5H3. The Bertz CT molecular complexity index is 651. The summed E-state index contributed by atoms with van der Waals surface area (Å²) < 4.78 is 0. The van der Waals surface area contributed by atoms with Gasteiger partial charge in [-0.25, -0.2) is 9.97 Å². The molecule has 21 heavy (non-hydrogen) atoms. The lowest BCUT2D eigenvalue weighted by Gasteiger charge is -2.40. The monoisotopic (exact) mass is 304 g/mol. The minimum Gasteiger partial charge on any atom is -0.356 e. The summed E-state index contributed by atoms with van der Waals surface area (Å²) in [5, 5.41) is 3.42. The fourth-order valence-electron chi connectivity index (χ4n) is 3.21. The van der Waals surface area contributed by atoms with E-state index in [-0.39, 0.29) is 0 Å². The average molecular weight is 304 g/mol. The fraction of sp³-hybridized carbons (Fsp3) is 0.625. The maximum absolute atomic E-state index is 4.76. The molecule has 2 aromatic heterocycles. The van der Waals surface area contributed by atoms with Crippen LogP contribution in [0.2, 0.25) is 0 Å². The highest BCUT2D eigenvalue weighted by molar-refractivity contribution is 7.17. The molecule has 4 nitrogen and oxygen atoms in total. The van der Waals surface area contributed by atoms with Gasteiger partial charge in [0.1, 0.15) is 16.5 Å². The fourth-order valence-corrected chi connectivity index (χ4v) is 4.17. The van der Waals surface area contributed by atoms with E-state index in [1.54, 1.807) is 11.3 Å². The van der Waals surface area contributed by atoms with Crippen LogP contribution in [0.1, 0.15) is 31.2 Å². The van der Waals surface area contributed by atoms with E-state index in [4.69, 9.17) is 4.98 Å². The molecule has 0 aliphatic carbocycles. The Balaban J connectivity index is 1.98. The van der Waals surface area contributed by atoms with Crippen LogP contribution in [0.4, 0.5) is 5.82 Å². The van der Waals surface area contributed by atoms with E-state index in [2.05, 4.69) is 48.1 Å². The van der Waals surface area contributed by atoms with E-state index in [0.29, 0.717) is 12.1 Å². The Morgan fingerprint density at radius 2 is 2.10 bits per heavy atom. The first-order valence-electron chi connectivity index (χ1n) is 7.63. The molecule has 0 amide bonds. The molecule has 3 heterocycles. The lowest BCUT2D eigenvalue weighted by Crippen LogP contribution is -2.46. The van der Waals surface area contributed by atoms with Crippen LogP contribution in [0.5, 0.6) is 0 Å². The predicted octanol–water partition coefficient (Wildman–Crippen LogP) is 3.23. The molecule has 1 saturated heterocycles. The van der Waals surface area contributed by atoms with Crippen molar-refractivity contribution in [2.45, 2.75) is 45.7 Å². The molecule has 0 saturated carbocycles. The van der Waals surface area contributed by atoms with Crippen molar-refractivity contribution in [3.05, 3.63) is 16.8 Å². The Morgan fingerprint density at radius 3 is 2.81 bits per heavy atom. The molecule has 2 atom stereocenters. The number of hydrogen-bond donors (Lipinski definition) is 0. The first-order chi connectivity index (χ1) is 9.97. The number of thiophene rings is 1. The van der Waals surface area contributed by atoms with Crippen molar-refractivity contribution in [3.63, 3.8) is 0 Å². The van der Waals surface area contributed by atoms with Gasteiger partial charge in [0.25, 0.3) is 0 Å². The molecule has 0 aromatic carbocycles. The molecular weight excluding hydrogens is 280 g/mol. The average Bonchev–Trinajstić information content (AvgIpc) is 2.81. The van der Waals surface area contributed by atoms with Crippen LogP contribution in [-0.4, -0.2) is 47.6 Å². The molecule has 1 aliphatic rings. The van der Waals surface area contributed by atoms with E-state index in [1.165, 1.54) is 23.8 Å². The van der Waals surface area contributed by atoms with Crippen LogP contribution in [0, 0.1) is 13.8 Å². The van der Waals surface area contributed by atoms with Gasteiger partial charge in [-0.15, -0.1) is 11.3 Å². The van der Waals surface area contributed by atoms with Crippen LogP contribution in [0.25, 0.3) is 10.2 Å². The summed E-state index contributed by atoms with van der Waals surface area (Å²) in [5.41, 5.74) is 1.29. The second kappa shape index (κ2) is 5.54. The molecule has 1 fully saturated rings. The van der Waals surface area contributed by atoms with Crippen molar-refractivity contribution in [3.8, 4) is 0 Å². The zero-order valence-corrected chi connectivity index (χ0v) is 14.4. The highest BCUT2D eigenvalue weighted by atomic mass is 32.1. The Hall–Kier alpha value is -1.20. The van der Waals surface area contributed by atoms with E-state index in [9.17, 15) is 0 Å². The molecular formula is C16H24N4S. The quantitative estimate of drug-likeness (QED) is 0.852. The van der Waals surface area contributed by atoms with Crippen LogP contribution in [-0.2, 0) is 0 Å². The SMILES string of the molecule is Cc1nc(N(C)C2CCN(C)C(C)C2)c2c(C)csc2n1. The zero-order chi connectivity index (χ0) is 15.1. The first-order valence-corrected chi connectivity index (χ1v) is 8.51. The zero-order valence-electron chi connectivity index (χ0n) is 13.6. The van der Waals surface area contributed by atoms with Crippen molar-refractivity contribution in [2.75, 3.05) is 25.5 Å². The second-order valence-corrected chi connectivity index (χ2v) is 7.17. The summed E-state index contributed by atoms with van der Waals surface area (Å²) in [6.45, 7) is 7.62. The van der Waals surface area contributed by atoms with Gasteiger partial charge in [-0.05, 0) is 51.6 Å². The number of likely N-dealkylation sites (tertiary alicyclic amines) is 1. The van der Waals surface area contributed by atoms with Crippen molar-refractivity contribution in [2.24, 2.45) is 0 Å². The van der Waals surface area contributed by atoms with Gasteiger partial charge in [-0.1, -0.05) is 0 Å². The third-order valence-electron chi connectivity index (χ3n) is 4.77. The highest BCUT2D eigenvalue weighted by Gasteiger charge is 2.27. The Kier molecular flexibility index (Phi) is 3.88. The maximum atomic E-state index is 4.76. The molecule has 0 bridgehead atoms. The number of aromatic nitrogens is 2. The third kappa shape index (κ3) is 2.64. The smallest absolute Gasteiger partial charge is 0.141 e. The first kappa shape index (κ1) is 14.7. The Labute approximate surface area is 130 Å². The number of nitrogens with zero attached hydrogens (tertiary/aromatic N) is 4. The molecule has 0 radical (unpaired) electrons. The number of piperidine rings is 1. The van der Waals surface area contributed by atoms with E-state index < -0.39 is 0 Å². The van der Waals surface area contributed by atoms with Crippen molar-refractivity contribution >= 4 is 27.4 Å². The largest absolute Gasteiger partial charge is 0.356 e. The molecule has 114 valence electrons. The van der Waals surface area contributed by atoms with Crippen molar-refractivity contribution in [1.82, 2.24) is 14.9 Å². The van der Waals surface area contributed by atoms with Crippen LogP contribution >= 0.6 is 11.3 Å². The van der Waals surface area contributed by atoms with E-state index >= 15 is 0 Å². The molecule has 2 aromatic rings. The maximum Gasteiger partial charge on any atom is 0.141 e. The van der Waals surface area contributed by atoms with Crippen LogP contribution in [0.3, 0.4) is 0 Å². The summed E-state index contributed by atoms with van der Waals surface area (Å²) >= 11 is 1.72. The number of hydrogen-bond acceptors (Lipinski definition) is 5. The van der Waals surface area contributed by atoms with Gasteiger partial charge in [0.15, 0.2) is 0 Å². The number of rotatable bonds is 2. The van der Waals surface area contributed by atoms with Gasteiger partial charge < -0.3 is 9.80 Å². The molecule has 5 heteroatoms. The molecule has 0 N–H and O–H groups in total. The molecule has 0 spiro atoms. The molecule has 2 unspecified atom stereocenters. The van der Waals surface area contributed by atoms with Gasteiger partial charge in [-0.2, -0.15) is 0 Å². The number of fused-ring (bicyclic) bond motifs is 1. The van der Waals surface area contributed by atoms with Gasteiger partial charge in [0, 0.05) is 25.7 Å².